The van der Waals surface area contributed by atoms with E-state index in [0.29, 0.717) is 17.3 Å². The molecule has 12 nitrogen and oxygen atoms in total. The van der Waals surface area contributed by atoms with Crippen molar-refractivity contribution >= 4 is 29.5 Å². The van der Waals surface area contributed by atoms with Gasteiger partial charge in [0.2, 0.25) is 5.91 Å². The predicted octanol–water partition coefficient (Wildman–Crippen LogP) is 6.59. The highest BCUT2D eigenvalue weighted by molar-refractivity contribution is 5.99. The fraction of sp³-hybridized carbons (Fsp3) is 0.324. The summed E-state index contributed by atoms with van der Waals surface area (Å²) in [4.78, 5) is 41.1. The van der Waals surface area contributed by atoms with Crippen molar-refractivity contribution < 1.29 is 28.2 Å². The molecule has 0 atom stereocenters. The number of hydrogen-bond acceptors (Lipinski definition) is 7. The summed E-state index contributed by atoms with van der Waals surface area (Å²) in [7, 11) is 0. The number of amides is 4. The molecule has 0 saturated carbocycles. The maximum Gasteiger partial charge on any atom is 0.408 e. The summed E-state index contributed by atoms with van der Waals surface area (Å²) in [5.41, 5.74) is 1.91. The zero-order chi connectivity index (χ0) is 34.4. The number of hydrogen-bond donors (Lipinski definition) is 4. The van der Waals surface area contributed by atoms with E-state index < -0.39 is 23.5 Å². The minimum atomic E-state index is -0.673. The number of urea groups is 1. The number of carbonyl (C=O) groups excluding carboxylic acids is 3. The van der Waals surface area contributed by atoms with Crippen molar-refractivity contribution in [1.29, 1.82) is 0 Å². The first kappa shape index (κ1) is 34.4. The molecule has 13 heteroatoms. The molecule has 0 bridgehead atoms. The molecule has 0 aliphatic rings. The van der Waals surface area contributed by atoms with Gasteiger partial charge in [0.25, 0.3) is 0 Å². The maximum absolute atomic E-state index is 14.9. The van der Waals surface area contributed by atoms with Crippen molar-refractivity contribution in [2.24, 2.45) is 0 Å². The van der Waals surface area contributed by atoms with Crippen LogP contribution in [0.25, 0.3) is 5.69 Å². The van der Waals surface area contributed by atoms with E-state index in [1.54, 1.807) is 68.0 Å². The molecule has 2 heterocycles. The van der Waals surface area contributed by atoms with Crippen molar-refractivity contribution in [1.82, 2.24) is 25.4 Å². The molecule has 2 aromatic heterocycles. The standard InChI is InChI=1S/C34H40FN7O5/c1-21-16-25(14-15-36-21)46-24-12-13-27(26(35)17-24)39-31(44)40-29-18-28(33(2,3)4)41-42(29)23-10-8-22(9-11-23)19-37-30(43)20-38-32(45)47-34(5,6)7/h8-18H,19-20H2,1-7H3,(H,37,43)(H,38,45)(H2,39,40,44). The Morgan fingerprint density at radius 2 is 1.57 bits per heavy atom. The van der Waals surface area contributed by atoms with E-state index in [-0.39, 0.29) is 35.8 Å². The molecule has 0 aliphatic heterocycles. The van der Waals surface area contributed by atoms with E-state index in [4.69, 9.17) is 14.6 Å². The lowest BCUT2D eigenvalue weighted by atomic mass is 9.92. The minimum Gasteiger partial charge on any atom is -0.457 e. The monoisotopic (exact) mass is 645 g/mol. The predicted molar refractivity (Wildman–Crippen MR) is 176 cm³/mol. The number of benzene rings is 2. The van der Waals surface area contributed by atoms with Gasteiger partial charge in [0.05, 0.1) is 17.1 Å². The molecule has 2 aromatic carbocycles. The van der Waals surface area contributed by atoms with Crippen molar-refractivity contribution in [3.8, 4) is 17.2 Å². The second-order valence-electron chi connectivity index (χ2n) is 12.8. The van der Waals surface area contributed by atoms with Crippen LogP contribution in [0.4, 0.5) is 25.5 Å². The van der Waals surface area contributed by atoms with E-state index in [2.05, 4.69) is 26.3 Å². The second-order valence-corrected chi connectivity index (χ2v) is 12.8. The lowest BCUT2D eigenvalue weighted by molar-refractivity contribution is -0.120. The molecule has 4 amide bonds. The molecule has 248 valence electrons. The highest BCUT2D eigenvalue weighted by atomic mass is 19.1. The van der Waals surface area contributed by atoms with Gasteiger partial charge in [-0.1, -0.05) is 32.9 Å². The Balaban J connectivity index is 1.40. The van der Waals surface area contributed by atoms with Gasteiger partial charge in [0, 0.05) is 42.0 Å². The van der Waals surface area contributed by atoms with Crippen molar-refractivity contribution in [2.75, 3.05) is 17.2 Å². The third-order valence-electron chi connectivity index (χ3n) is 6.47. The summed E-state index contributed by atoms with van der Waals surface area (Å²) in [6.07, 6.45) is 0.926. The molecule has 0 radical (unpaired) electrons. The highest BCUT2D eigenvalue weighted by Crippen LogP contribution is 2.28. The topological polar surface area (TPSA) is 148 Å². The Bertz CT molecular complexity index is 1740. The zero-order valence-corrected chi connectivity index (χ0v) is 27.5. The molecule has 0 saturated heterocycles. The summed E-state index contributed by atoms with van der Waals surface area (Å²) in [5, 5.41) is 15.2. The number of aryl methyl sites for hydroxylation is 1. The summed E-state index contributed by atoms with van der Waals surface area (Å²) in [5.74, 6) is 0.114. The van der Waals surface area contributed by atoms with Gasteiger partial charge in [-0.3, -0.25) is 15.1 Å². The summed E-state index contributed by atoms with van der Waals surface area (Å²) < 4.78 is 27.3. The van der Waals surface area contributed by atoms with Crippen LogP contribution in [0, 0.1) is 12.7 Å². The zero-order valence-electron chi connectivity index (χ0n) is 27.5. The first-order valence-electron chi connectivity index (χ1n) is 15.0. The number of nitrogens with zero attached hydrogens (tertiary/aromatic N) is 3. The minimum absolute atomic E-state index is 0.0319. The lowest BCUT2D eigenvalue weighted by Gasteiger charge is -2.19. The lowest BCUT2D eigenvalue weighted by Crippen LogP contribution is -2.39. The molecule has 4 rings (SSSR count). The third kappa shape index (κ3) is 10.3. The van der Waals surface area contributed by atoms with Crippen molar-refractivity contribution in [2.45, 2.75) is 66.0 Å². The van der Waals surface area contributed by atoms with E-state index >= 15 is 0 Å². The molecule has 0 unspecified atom stereocenters. The van der Waals surface area contributed by atoms with Gasteiger partial charge < -0.3 is 25.4 Å². The largest absolute Gasteiger partial charge is 0.457 e. The van der Waals surface area contributed by atoms with Gasteiger partial charge in [0.15, 0.2) is 0 Å². The van der Waals surface area contributed by atoms with E-state index in [0.717, 1.165) is 17.0 Å². The van der Waals surface area contributed by atoms with E-state index in [1.807, 2.05) is 39.8 Å². The quantitative estimate of drug-likeness (QED) is 0.161. The fourth-order valence-corrected chi connectivity index (χ4v) is 4.17. The van der Waals surface area contributed by atoms with E-state index in [9.17, 15) is 18.8 Å². The van der Waals surface area contributed by atoms with Crippen LogP contribution in [0.5, 0.6) is 11.5 Å². The molecule has 47 heavy (non-hydrogen) atoms. The number of aromatic nitrogens is 3. The van der Waals surface area contributed by atoms with Crippen LogP contribution in [-0.2, 0) is 21.5 Å². The SMILES string of the molecule is Cc1cc(Oc2ccc(NC(=O)Nc3cc(C(C)(C)C)nn3-c3ccc(CNC(=O)CNC(=O)OC(C)(C)C)cc3)c(F)c2)ccn1. The highest BCUT2D eigenvalue weighted by Gasteiger charge is 2.22. The molecule has 4 aromatic rings. The maximum atomic E-state index is 14.9. The van der Waals surface area contributed by atoms with Crippen LogP contribution in [0.1, 0.15) is 58.5 Å². The Kier molecular flexibility index (Phi) is 10.5. The number of alkyl carbamates (subject to hydrolysis) is 1. The van der Waals surface area contributed by atoms with Crippen molar-refractivity contribution in [3.05, 3.63) is 89.6 Å². The van der Waals surface area contributed by atoms with Crippen LogP contribution in [-0.4, -0.2) is 44.9 Å². The number of ether oxygens (including phenoxy) is 2. The Labute approximate surface area is 273 Å². The molecule has 0 fully saturated rings. The smallest absolute Gasteiger partial charge is 0.408 e. The van der Waals surface area contributed by atoms with Gasteiger partial charge >= 0.3 is 12.1 Å². The number of halogens is 1. The number of carbonyl (C=O) groups is 3. The average Bonchev–Trinajstić information content (AvgIpc) is 3.40. The number of rotatable bonds is 9. The third-order valence-corrected chi connectivity index (χ3v) is 6.47. The van der Waals surface area contributed by atoms with Crippen LogP contribution in [0.2, 0.25) is 0 Å². The number of anilines is 2. The molecular formula is C34H40FN7O5. The summed E-state index contributed by atoms with van der Waals surface area (Å²) in [6.45, 7) is 13.0. The molecule has 0 aliphatic carbocycles. The molecular weight excluding hydrogens is 605 g/mol. The van der Waals surface area contributed by atoms with Crippen LogP contribution in [0.3, 0.4) is 0 Å². The normalized spacial score (nSPS) is 11.4. The second kappa shape index (κ2) is 14.3. The first-order chi connectivity index (χ1) is 22.1. The van der Waals surface area contributed by atoms with Crippen molar-refractivity contribution in [3.63, 3.8) is 0 Å². The van der Waals surface area contributed by atoms with Gasteiger partial charge in [-0.2, -0.15) is 5.10 Å². The molecule has 4 N–H and O–H groups in total. The van der Waals surface area contributed by atoms with Crippen LogP contribution >= 0.6 is 0 Å². The molecule has 0 spiro atoms. The average molecular weight is 646 g/mol. The van der Waals surface area contributed by atoms with Crippen LogP contribution in [0.15, 0.2) is 66.9 Å². The van der Waals surface area contributed by atoms with Gasteiger partial charge in [0.1, 0.15) is 35.3 Å². The fourth-order valence-electron chi connectivity index (χ4n) is 4.17. The number of pyridine rings is 1. The van der Waals surface area contributed by atoms with Gasteiger partial charge in [-0.25, -0.2) is 18.7 Å². The Morgan fingerprint density at radius 3 is 2.21 bits per heavy atom. The van der Waals surface area contributed by atoms with Crippen LogP contribution < -0.4 is 26.0 Å². The van der Waals surface area contributed by atoms with E-state index in [1.165, 1.54) is 12.1 Å². The Morgan fingerprint density at radius 1 is 0.872 bits per heavy atom. The summed E-state index contributed by atoms with van der Waals surface area (Å²) in [6, 6.07) is 15.9. The Hall–Kier alpha value is -5.46. The van der Waals surface area contributed by atoms with Gasteiger partial charge in [-0.15, -0.1) is 0 Å². The number of nitrogens with one attached hydrogen (secondary N) is 4. The summed E-state index contributed by atoms with van der Waals surface area (Å²) >= 11 is 0. The first-order valence-corrected chi connectivity index (χ1v) is 15.0. The van der Waals surface area contributed by atoms with Gasteiger partial charge in [-0.05, 0) is 63.6 Å².